The molecule has 3 rings (SSSR count). The van der Waals surface area contributed by atoms with Crippen molar-refractivity contribution in [2.45, 2.75) is 13.3 Å². The zero-order valence-corrected chi connectivity index (χ0v) is 15.9. The van der Waals surface area contributed by atoms with Gasteiger partial charge in [0.15, 0.2) is 5.82 Å². The molecule has 0 atom stereocenters. The molecule has 1 aromatic heterocycles. The third kappa shape index (κ3) is 4.91. The molecule has 0 unspecified atom stereocenters. The second-order valence-electron chi connectivity index (χ2n) is 5.98. The van der Waals surface area contributed by atoms with Crippen molar-refractivity contribution in [2.75, 3.05) is 11.9 Å². The fourth-order valence-corrected chi connectivity index (χ4v) is 2.74. The largest absolute Gasteiger partial charge is 0.351 e. The van der Waals surface area contributed by atoms with E-state index in [9.17, 15) is 18.4 Å². The Bertz CT molecular complexity index is 1070. The number of carbonyl (C=O) groups is 2. The van der Waals surface area contributed by atoms with E-state index in [2.05, 4.69) is 26.2 Å². The maximum atomic E-state index is 14.0. The van der Waals surface area contributed by atoms with Crippen LogP contribution in [-0.2, 0) is 4.79 Å². The van der Waals surface area contributed by atoms with E-state index in [0.29, 0.717) is 11.5 Å². The van der Waals surface area contributed by atoms with Crippen LogP contribution in [-0.4, -0.2) is 38.6 Å². The van der Waals surface area contributed by atoms with Gasteiger partial charge in [-0.25, -0.2) is 8.78 Å². The number of nitrogens with zero attached hydrogens (tertiary/aromatic N) is 4. The second-order valence-corrected chi connectivity index (χ2v) is 6.39. The molecule has 0 fully saturated rings. The lowest BCUT2D eigenvalue weighted by Gasteiger charge is -2.10. The van der Waals surface area contributed by atoms with Crippen molar-refractivity contribution in [3.8, 4) is 5.69 Å². The molecule has 11 heteroatoms. The molecule has 1 heterocycles. The normalized spacial score (nSPS) is 10.6. The molecule has 0 spiro atoms. The van der Waals surface area contributed by atoms with Crippen LogP contribution in [0, 0.1) is 18.6 Å². The Kier molecular flexibility index (Phi) is 6.13. The Morgan fingerprint density at radius 2 is 1.97 bits per heavy atom. The molecule has 2 aromatic carbocycles. The third-order valence-electron chi connectivity index (χ3n) is 3.91. The molecule has 0 bridgehead atoms. The molecular weight excluding hydrogens is 406 g/mol. The molecule has 8 nitrogen and oxygen atoms in total. The summed E-state index contributed by atoms with van der Waals surface area (Å²) in [6.07, 6.45) is -0.113. The van der Waals surface area contributed by atoms with Crippen molar-refractivity contribution in [3.05, 3.63) is 64.4 Å². The number of anilines is 1. The van der Waals surface area contributed by atoms with Crippen LogP contribution in [0.25, 0.3) is 5.69 Å². The van der Waals surface area contributed by atoms with Crippen molar-refractivity contribution < 1.29 is 18.4 Å². The van der Waals surface area contributed by atoms with Crippen LogP contribution in [0.4, 0.5) is 14.5 Å². The Morgan fingerprint density at radius 1 is 1.17 bits per heavy atom. The van der Waals surface area contributed by atoms with E-state index in [1.165, 1.54) is 28.9 Å². The molecule has 0 aliphatic heterocycles. The number of benzene rings is 2. The van der Waals surface area contributed by atoms with E-state index in [0.717, 1.165) is 12.1 Å². The van der Waals surface area contributed by atoms with E-state index in [4.69, 9.17) is 11.6 Å². The SMILES string of the molecule is Cc1nnnn1-c1ccc(F)c(NC(=O)CCNC(=O)c2ccc(F)cc2Cl)c1. The number of amides is 2. The summed E-state index contributed by atoms with van der Waals surface area (Å²) in [5.74, 6) is -1.76. The van der Waals surface area contributed by atoms with Crippen molar-refractivity contribution in [1.82, 2.24) is 25.5 Å². The molecule has 150 valence electrons. The minimum atomic E-state index is -0.630. The van der Waals surface area contributed by atoms with Crippen LogP contribution in [0.3, 0.4) is 0 Å². The highest BCUT2D eigenvalue weighted by Gasteiger charge is 2.13. The Morgan fingerprint density at radius 3 is 2.66 bits per heavy atom. The lowest BCUT2D eigenvalue weighted by Crippen LogP contribution is -2.28. The lowest BCUT2D eigenvalue weighted by atomic mass is 10.2. The van der Waals surface area contributed by atoms with Gasteiger partial charge in [0.2, 0.25) is 5.91 Å². The summed E-state index contributed by atoms with van der Waals surface area (Å²) in [4.78, 5) is 24.2. The second kappa shape index (κ2) is 8.74. The van der Waals surface area contributed by atoms with E-state index < -0.39 is 23.4 Å². The molecule has 0 aliphatic carbocycles. The van der Waals surface area contributed by atoms with Gasteiger partial charge in [0.25, 0.3) is 5.91 Å². The Hall–Kier alpha value is -3.40. The highest BCUT2D eigenvalue weighted by Crippen LogP contribution is 2.19. The third-order valence-corrected chi connectivity index (χ3v) is 4.22. The van der Waals surface area contributed by atoms with Gasteiger partial charge in [-0.3, -0.25) is 9.59 Å². The molecule has 0 saturated carbocycles. The maximum absolute atomic E-state index is 14.0. The summed E-state index contributed by atoms with van der Waals surface area (Å²) in [5, 5.41) is 16.0. The maximum Gasteiger partial charge on any atom is 0.252 e. The van der Waals surface area contributed by atoms with Gasteiger partial charge in [0.05, 0.1) is 22.0 Å². The molecule has 2 N–H and O–H groups in total. The minimum absolute atomic E-state index is 0.0220. The summed E-state index contributed by atoms with van der Waals surface area (Å²) >= 11 is 5.82. The van der Waals surface area contributed by atoms with Crippen molar-refractivity contribution in [1.29, 1.82) is 0 Å². The molecule has 0 aliphatic rings. The molecule has 0 saturated heterocycles. The number of rotatable bonds is 6. The van der Waals surface area contributed by atoms with E-state index in [1.807, 2.05) is 0 Å². The van der Waals surface area contributed by atoms with Gasteiger partial charge < -0.3 is 10.6 Å². The minimum Gasteiger partial charge on any atom is -0.351 e. The monoisotopic (exact) mass is 420 g/mol. The van der Waals surface area contributed by atoms with Gasteiger partial charge >= 0.3 is 0 Å². The standard InChI is InChI=1S/C18H15ClF2N6O2/c1-10-24-25-26-27(10)12-3-5-15(21)16(9-12)23-17(28)6-7-22-18(29)13-4-2-11(20)8-14(13)19/h2-5,8-9H,6-7H2,1H3,(H,22,29)(H,23,28). The predicted molar refractivity (Wildman–Crippen MR) is 101 cm³/mol. The molecular formula is C18H15ClF2N6O2. The molecule has 2 amide bonds. The fraction of sp³-hybridized carbons (Fsp3) is 0.167. The number of hydrogen-bond acceptors (Lipinski definition) is 5. The zero-order chi connectivity index (χ0) is 21.0. The van der Waals surface area contributed by atoms with Gasteiger partial charge in [-0.15, -0.1) is 5.10 Å². The summed E-state index contributed by atoms with van der Waals surface area (Å²) in [5.41, 5.74) is 0.516. The first-order valence-electron chi connectivity index (χ1n) is 8.43. The Balaban J connectivity index is 1.58. The fourth-order valence-electron chi connectivity index (χ4n) is 2.48. The van der Waals surface area contributed by atoms with Gasteiger partial charge in [-0.1, -0.05) is 11.6 Å². The first-order valence-corrected chi connectivity index (χ1v) is 8.81. The quantitative estimate of drug-likeness (QED) is 0.638. The molecule has 3 aromatic rings. The van der Waals surface area contributed by atoms with Gasteiger partial charge in [0, 0.05) is 13.0 Å². The number of nitrogens with one attached hydrogen (secondary N) is 2. The summed E-state index contributed by atoms with van der Waals surface area (Å²) < 4.78 is 28.5. The average molecular weight is 421 g/mol. The van der Waals surface area contributed by atoms with Gasteiger partial charge in [0.1, 0.15) is 11.6 Å². The first kappa shape index (κ1) is 20.3. The number of halogens is 3. The van der Waals surface area contributed by atoms with E-state index >= 15 is 0 Å². The van der Waals surface area contributed by atoms with Crippen LogP contribution in [0.5, 0.6) is 0 Å². The van der Waals surface area contributed by atoms with Crippen LogP contribution < -0.4 is 10.6 Å². The van der Waals surface area contributed by atoms with Crippen LogP contribution in [0.1, 0.15) is 22.6 Å². The van der Waals surface area contributed by atoms with Crippen LogP contribution >= 0.6 is 11.6 Å². The van der Waals surface area contributed by atoms with Crippen molar-refractivity contribution in [3.63, 3.8) is 0 Å². The van der Waals surface area contributed by atoms with E-state index in [1.54, 1.807) is 6.92 Å². The van der Waals surface area contributed by atoms with Crippen LogP contribution in [0.15, 0.2) is 36.4 Å². The number of aryl methyl sites for hydroxylation is 1. The highest BCUT2D eigenvalue weighted by molar-refractivity contribution is 6.33. The average Bonchev–Trinajstić information content (AvgIpc) is 3.09. The number of hydrogen-bond donors (Lipinski definition) is 2. The summed E-state index contributed by atoms with van der Waals surface area (Å²) in [6.45, 7) is 1.66. The number of carbonyl (C=O) groups excluding carboxylic acids is 2. The number of aromatic nitrogens is 4. The Labute approximate surface area is 168 Å². The van der Waals surface area contributed by atoms with Gasteiger partial charge in [-0.2, -0.15) is 4.68 Å². The van der Waals surface area contributed by atoms with E-state index in [-0.39, 0.29) is 29.2 Å². The molecule has 29 heavy (non-hydrogen) atoms. The molecule has 0 radical (unpaired) electrons. The number of tetrazole rings is 1. The van der Waals surface area contributed by atoms with Crippen molar-refractivity contribution >= 4 is 29.1 Å². The highest BCUT2D eigenvalue weighted by atomic mass is 35.5. The zero-order valence-electron chi connectivity index (χ0n) is 15.1. The smallest absolute Gasteiger partial charge is 0.252 e. The first-order chi connectivity index (χ1) is 13.8. The lowest BCUT2D eigenvalue weighted by molar-refractivity contribution is -0.116. The topological polar surface area (TPSA) is 102 Å². The summed E-state index contributed by atoms with van der Waals surface area (Å²) in [7, 11) is 0. The van der Waals surface area contributed by atoms with Gasteiger partial charge in [-0.05, 0) is 53.7 Å². The predicted octanol–water partition coefficient (Wildman–Crippen LogP) is 2.66. The summed E-state index contributed by atoms with van der Waals surface area (Å²) in [6, 6.07) is 7.43. The van der Waals surface area contributed by atoms with Crippen LogP contribution in [0.2, 0.25) is 5.02 Å². The van der Waals surface area contributed by atoms with Crippen molar-refractivity contribution in [2.24, 2.45) is 0 Å².